The molecular weight excluding hydrogens is 354 g/mol. The van der Waals surface area contributed by atoms with E-state index in [1.54, 1.807) is 30.9 Å². The maximum absolute atomic E-state index is 12.5. The van der Waals surface area contributed by atoms with Gasteiger partial charge in [-0.1, -0.05) is 0 Å². The van der Waals surface area contributed by atoms with Crippen LogP contribution in [0.25, 0.3) is 5.53 Å². The average molecular weight is 379 g/mol. The van der Waals surface area contributed by atoms with Crippen molar-refractivity contribution in [2.24, 2.45) is 7.05 Å². The Hall–Kier alpha value is -2.84. The van der Waals surface area contributed by atoms with Crippen LogP contribution in [0.1, 0.15) is 32.4 Å². The fraction of sp³-hybridized carbons (Fsp3) is 0.588. The number of nitrogens with zero attached hydrogens (tertiary/aromatic N) is 4. The molecule has 0 aliphatic rings. The van der Waals surface area contributed by atoms with E-state index in [4.69, 9.17) is 15.0 Å². The van der Waals surface area contributed by atoms with Crippen molar-refractivity contribution < 1.29 is 28.6 Å². The Labute approximate surface area is 157 Å². The number of nitrogens with one attached hydrogen (secondary N) is 1. The standard InChI is InChI=1S/C17H25N5O5/c1-11(2)27-17(25)14(6-5-13(23)8-20-18)21-16(24)15(26-4)7-12-9-22(3)10-19-12/h8-11,14-15H,5-7H2,1-4H3,(H,21,24)/t14-,15-/m0/s1. The van der Waals surface area contributed by atoms with E-state index in [2.05, 4.69) is 15.1 Å². The van der Waals surface area contributed by atoms with Crippen LogP contribution in [-0.4, -0.2) is 63.6 Å². The number of carbonyl (C=O) groups is 3. The summed E-state index contributed by atoms with van der Waals surface area (Å²) in [7, 11) is 3.19. The van der Waals surface area contributed by atoms with Gasteiger partial charge in [0.1, 0.15) is 12.1 Å². The third-order valence-electron chi connectivity index (χ3n) is 3.56. The van der Waals surface area contributed by atoms with E-state index >= 15 is 0 Å². The summed E-state index contributed by atoms with van der Waals surface area (Å²) in [4.78, 5) is 43.1. The monoisotopic (exact) mass is 379 g/mol. The molecule has 10 heteroatoms. The molecule has 1 aromatic heterocycles. The van der Waals surface area contributed by atoms with Gasteiger partial charge in [-0.05, 0) is 20.3 Å². The number of amides is 1. The van der Waals surface area contributed by atoms with Crippen LogP contribution in [0.15, 0.2) is 12.5 Å². The molecule has 1 N–H and O–H groups in total. The number of methoxy groups -OCH3 is 1. The molecule has 0 spiro atoms. The molecule has 1 rings (SSSR count). The zero-order chi connectivity index (χ0) is 20.4. The summed E-state index contributed by atoms with van der Waals surface area (Å²) in [5.41, 5.74) is 9.05. The number of imidazole rings is 1. The lowest BCUT2D eigenvalue weighted by atomic mass is 10.1. The minimum absolute atomic E-state index is 0.00215. The van der Waals surface area contributed by atoms with Gasteiger partial charge in [0.15, 0.2) is 0 Å². The summed E-state index contributed by atoms with van der Waals surface area (Å²) in [5, 5.41) is 2.57. The predicted octanol–water partition coefficient (Wildman–Crippen LogP) is 0.0639. The van der Waals surface area contributed by atoms with E-state index in [9.17, 15) is 14.4 Å². The van der Waals surface area contributed by atoms with Crippen LogP contribution >= 0.6 is 0 Å². The number of ether oxygens (including phenoxy) is 2. The lowest BCUT2D eigenvalue weighted by Gasteiger charge is -2.21. The Morgan fingerprint density at radius 3 is 2.63 bits per heavy atom. The molecule has 0 aliphatic carbocycles. The Bertz CT molecular complexity index is 708. The topological polar surface area (TPSA) is 136 Å². The van der Waals surface area contributed by atoms with Crippen LogP contribution in [0.3, 0.4) is 0 Å². The zero-order valence-corrected chi connectivity index (χ0v) is 15.9. The summed E-state index contributed by atoms with van der Waals surface area (Å²) in [6, 6.07) is -1.03. The normalized spacial score (nSPS) is 12.8. The van der Waals surface area contributed by atoms with Gasteiger partial charge < -0.3 is 24.9 Å². The molecule has 0 saturated carbocycles. The number of esters is 1. The van der Waals surface area contributed by atoms with Crippen LogP contribution in [-0.2, 0) is 37.3 Å². The first-order valence-corrected chi connectivity index (χ1v) is 8.47. The highest BCUT2D eigenvalue weighted by Gasteiger charge is 2.28. The zero-order valence-electron chi connectivity index (χ0n) is 15.9. The first kappa shape index (κ1) is 22.2. The second-order valence-corrected chi connectivity index (χ2v) is 6.26. The van der Waals surface area contributed by atoms with Gasteiger partial charge in [-0.15, -0.1) is 0 Å². The molecule has 27 heavy (non-hydrogen) atoms. The Balaban J connectivity index is 2.80. The molecular formula is C17H25N5O5. The molecule has 10 nitrogen and oxygen atoms in total. The quantitative estimate of drug-likeness (QED) is 0.250. The summed E-state index contributed by atoms with van der Waals surface area (Å²) >= 11 is 0. The number of ketones is 1. The molecule has 1 aromatic rings. The summed E-state index contributed by atoms with van der Waals surface area (Å²) in [6.45, 7) is 3.36. The molecule has 0 unspecified atom stereocenters. The molecule has 1 heterocycles. The molecule has 0 radical (unpaired) electrons. The van der Waals surface area contributed by atoms with E-state index in [0.29, 0.717) is 5.69 Å². The van der Waals surface area contributed by atoms with Crippen molar-refractivity contribution in [3.63, 3.8) is 0 Å². The number of hydrogen-bond donors (Lipinski definition) is 1. The third-order valence-corrected chi connectivity index (χ3v) is 3.56. The first-order chi connectivity index (χ1) is 12.8. The highest BCUT2D eigenvalue weighted by Crippen LogP contribution is 2.07. The highest BCUT2D eigenvalue weighted by molar-refractivity contribution is 6.25. The van der Waals surface area contributed by atoms with Crippen LogP contribution in [0.2, 0.25) is 0 Å². The summed E-state index contributed by atoms with van der Waals surface area (Å²) in [5.74, 6) is -1.65. The molecule has 0 aliphatic heterocycles. The lowest BCUT2D eigenvalue weighted by molar-refractivity contribution is -0.152. The van der Waals surface area contributed by atoms with Crippen molar-refractivity contribution in [3.8, 4) is 0 Å². The van der Waals surface area contributed by atoms with Crippen molar-refractivity contribution in [2.45, 2.75) is 51.4 Å². The maximum atomic E-state index is 12.5. The Kier molecular flexibility index (Phi) is 9.04. The van der Waals surface area contributed by atoms with Crippen molar-refractivity contribution in [1.29, 1.82) is 0 Å². The molecule has 0 aromatic carbocycles. The Morgan fingerprint density at radius 1 is 1.41 bits per heavy atom. The van der Waals surface area contributed by atoms with E-state index in [-0.39, 0.29) is 25.4 Å². The Morgan fingerprint density at radius 2 is 2.11 bits per heavy atom. The second kappa shape index (κ2) is 11.0. The molecule has 148 valence electrons. The number of hydrogen-bond acceptors (Lipinski definition) is 6. The number of rotatable bonds is 11. The van der Waals surface area contributed by atoms with E-state index < -0.39 is 29.8 Å². The van der Waals surface area contributed by atoms with Gasteiger partial charge in [0.2, 0.25) is 11.7 Å². The fourth-order valence-corrected chi connectivity index (χ4v) is 2.29. The molecule has 2 atom stereocenters. The number of aryl methyl sites for hydroxylation is 1. The van der Waals surface area contributed by atoms with E-state index in [0.717, 1.165) is 6.21 Å². The van der Waals surface area contributed by atoms with Crippen LogP contribution in [0, 0.1) is 0 Å². The van der Waals surface area contributed by atoms with Gasteiger partial charge in [0, 0.05) is 33.2 Å². The van der Waals surface area contributed by atoms with Gasteiger partial charge in [0.05, 0.1) is 18.1 Å². The largest absolute Gasteiger partial charge is 0.461 e. The van der Waals surface area contributed by atoms with Gasteiger partial charge in [0.25, 0.3) is 0 Å². The van der Waals surface area contributed by atoms with E-state index in [1.165, 1.54) is 7.11 Å². The van der Waals surface area contributed by atoms with Crippen LogP contribution in [0.5, 0.6) is 0 Å². The van der Waals surface area contributed by atoms with Crippen LogP contribution in [0.4, 0.5) is 0 Å². The highest BCUT2D eigenvalue weighted by atomic mass is 16.5. The van der Waals surface area contributed by atoms with Crippen molar-refractivity contribution in [2.75, 3.05) is 7.11 Å². The van der Waals surface area contributed by atoms with Crippen molar-refractivity contribution >= 4 is 23.9 Å². The van der Waals surface area contributed by atoms with Gasteiger partial charge >= 0.3 is 12.2 Å². The SMILES string of the molecule is CO[C@@H](Cc1cn(C)cn1)C(=O)N[C@@H](CCC(=O)C=[N+]=[N-])C(=O)OC(C)C. The molecule has 1 amide bonds. The summed E-state index contributed by atoms with van der Waals surface area (Å²) < 4.78 is 12.1. The number of Topliss-reactive ketones (excluding diaryl/α,β-unsaturated/α-hetero) is 1. The minimum atomic E-state index is -1.03. The van der Waals surface area contributed by atoms with E-state index in [1.807, 2.05) is 7.05 Å². The smallest absolute Gasteiger partial charge is 0.328 e. The van der Waals surface area contributed by atoms with Crippen molar-refractivity contribution in [1.82, 2.24) is 14.9 Å². The minimum Gasteiger partial charge on any atom is -0.461 e. The number of carbonyl (C=O) groups excluding carboxylic acids is 3. The fourth-order valence-electron chi connectivity index (χ4n) is 2.29. The van der Waals surface area contributed by atoms with Crippen molar-refractivity contribution in [3.05, 3.63) is 23.7 Å². The lowest BCUT2D eigenvalue weighted by Crippen LogP contribution is -2.48. The van der Waals surface area contributed by atoms with Gasteiger partial charge in [-0.2, -0.15) is 4.79 Å². The average Bonchev–Trinajstić information content (AvgIpc) is 3.00. The second-order valence-electron chi connectivity index (χ2n) is 6.26. The molecule has 0 bridgehead atoms. The predicted molar refractivity (Wildman–Crippen MR) is 94.8 cm³/mol. The third kappa shape index (κ3) is 7.93. The van der Waals surface area contributed by atoms with Gasteiger partial charge in [-0.25, -0.2) is 9.78 Å². The van der Waals surface area contributed by atoms with Crippen LogP contribution < -0.4 is 5.32 Å². The molecule has 0 saturated heterocycles. The molecule has 0 fully saturated rings. The first-order valence-electron chi connectivity index (χ1n) is 8.47. The van der Waals surface area contributed by atoms with Gasteiger partial charge in [-0.3, -0.25) is 9.59 Å². The number of aromatic nitrogens is 2. The maximum Gasteiger partial charge on any atom is 0.328 e. The summed E-state index contributed by atoms with van der Waals surface area (Å²) in [6.07, 6.45) is 3.01.